The average Bonchev–Trinajstić information content (AvgIpc) is 3.21. The molecule has 33 heavy (non-hydrogen) atoms. The third-order valence-electron chi connectivity index (χ3n) is 5.63. The molecule has 0 heterocycles. The summed E-state index contributed by atoms with van der Waals surface area (Å²) in [5.74, 6) is -1.90. The molecule has 0 aliphatic heterocycles. The van der Waals surface area contributed by atoms with Gasteiger partial charge in [0, 0.05) is 18.4 Å². The molecule has 0 saturated carbocycles. The Morgan fingerprint density at radius 2 is 1.36 bits per heavy atom. The zero-order chi connectivity index (χ0) is 24.8. The van der Waals surface area contributed by atoms with Gasteiger partial charge in [-0.25, -0.2) is 0 Å². The van der Waals surface area contributed by atoms with Gasteiger partial charge in [0.15, 0.2) is 11.2 Å². The number of benzene rings is 1. The third kappa shape index (κ3) is 5.18. The van der Waals surface area contributed by atoms with Gasteiger partial charge >= 0.3 is 19.5 Å². The summed E-state index contributed by atoms with van der Waals surface area (Å²) < 4.78 is 35.0. The number of carbonyl (C=O) groups is 3. The van der Waals surface area contributed by atoms with Crippen LogP contribution in [-0.2, 0) is 37.5 Å². The van der Waals surface area contributed by atoms with Crippen LogP contribution in [0.2, 0.25) is 0 Å². The number of Topliss-reactive ketones (excluding diaryl/α,β-unsaturated/α-hetero) is 1. The Kier molecular flexibility index (Phi) is 8.95. The van der Waals surface area contributed by atoms with Crippen molar-refractivity contribution in [2.75, 3.05) is 27.4 Å². The van der Waals surface area contributed by atoms with Gasteiger partial charge in [0.05, 0.1) is 32.7 Å². The van der Waals surface area contributed by atoms with Crippen LogP contribution in [-0.4, -0.2) is 45.2 Å². The average molecular weight is 478 g/mol. The summed E-state index contributed by atoms with van der Waals surface area (Å²) in [4.78, 5) is 38.1. The second-order valence-corrected chi connectivity index (χ2v) is 9.56. The Morgan fingerprint density at radius 1 is 0.879 bits per heavy atom. The van der Waals surface area contributed by atoms with E-state index < -0.39 is 24.9 Å². The van der Waals surface area contributed by atoms with Gasteiger partial charge in [0.25, 0.3) is 0 Å². The summed E-state index contributed by atoms with van der Waals surface area (Å²) in [6.45, 7) is 6.73. The maximum atomic E-state index is 13.9. The summed E-state index contributed by atoms with van der Waals surface area (Å²) in [5.41, 5.74) is 0.0352. The van der Waals surface area contributed by atoms with E-state index in [0.717, 1.165) is 0 Å². The zero-order valence-electron chi connectivity index (χ0n) is 19.9. The lowest BCUT2D eigenvalue weighted by Gasteiger charge is -2.25. The van der Waals surface area contributed by atoms with Crippen molar-refractivity contribution in [1.82, 2.24) is 0 Å². The van der Waals surface area contributed by atoms with Gasteiger partial charge < -0.3 is 18.5 Å². The first-order valence-corrected chi connectivity index (χ1v) is 12.2. The van der Waals surface area contributed by atoms with Gasteiger partial charge in [0.2, 0.25) is 0 Å². The van der Waals surface area contributed by atoms with E-state index in [9.17, 15) is 18.9 Å². The molecule has 0 bridgehead atoms. The maximum absolute atomic E-state index is 13.9. The molecule has 0 radical (unpaired) electrons. The molecular weight excluding hydrogens is 447 g/mol. The van der Waals surface area contributed by atoms with Gasteiger partial charge in [-0.05, 0) is 44.4 Å². The molecule has 1 aliphatic carbocycles. The second kappa shape index (κ2) is 11.1. The lowest BCUT2D eigenvalue weighted by molar-refractivity contribution is -0.168. The number of methoxy groups -OCH3 is 2. The SMILES string of the molecule is CCOP(=O)(OCC)C(=C(C)C1=C(C(C)=O)CC(C(=O)OC)(C(=O)OC)C1)c1ccccc1. The number of esters is 2. The van der Waals surface area contributed by atoms with Gasteiger partial charge in [0.1, 0.15) is 0 Å². The summed E-state index contributed by atoms with van der Waals surface area (Å²) in [6.07, 6.45) is -0.314. The predicted octanol–water partition coefficient (Wildman–Crippen LogP) is 4.70. The van der Waals surface area contributed by atoms with Crippen LogP contribution in [0, 0.1) is 5.41 Å². The lowest BCUT2D eigenvalue weighted by atomic mass is 9.83. The van der Waals surface area contributed by atoms with Crippen LogP contribution in [0.1, 0.15) is 46.1 Å². The molecule has 1 aliphatic rings. The van der Waals surface area contributed by atoms with E-state index in [1.807, 2.05) is 6.07 Å². The maximum Gasteiger partial charge on any atom is 0.362 e. The predicted molar refractivity (Wildman–Crippen MR) is 123 cm³/mol. The molecule has 0 aromatic heterocycles. The number of rotatable bonds is 10. The largest absolute Gasteiger partial charge is 0.468 e. The van der Waals surface area contributed by atoms with Gasteiger partial charge in [-0.15, -0.1) is 0 Å². The Balaban J connectivity index is 2.85. The highest BCUT2D eigenvalue weighted by atomic mass is 31.2. The van der Waals surface area contributed by atoms with Gasteiger partial charge in [-0.2, -0.15) is 0 Å². The van der Waals surface area contributed by atoms with Crippen LogP contribution in [0.25, 0.3) is 5.31 Å². The van der Waals surface area contributed by atoms with Crippen LogP contribution in [0.15, 0.2) is 47.1 Å². The minimum Gasteiger partial charge on any atom is -0.468 e. The van der Waals surface area contributed by atoms with Gasteiger partial charge in [-0.1, -0.05) is 30.3 Å². The smallest absolute Gasteiger partial charge is 0.362 e. The van der Waals surface area contributed by atoms with E-state index in [4.69, 9.17) is 18.5 Å². The van der Waals surface area contributed by atoms with Crippen LogP contribution in [0.4, 0.5) is 0 Å². The first kappa shape index (κ1) is 26.7. The Hall–Kier alpha value is -2.54. The zero-order valence-corrected chi connectivity index (χ0v) is 20.8. The number of ketones is 1. The van der Waals surface area contributed by atoms with Crippen molar-refractivity contribution >= 4 is 30.6 Å². The first-order valence-electron chi connectivity index (χ1n) is 10.7. The Labute approximate surface area is 194 Å². The summed E-state index contributed by atoms with van der Waals surface area (Å²) in [6, 6.07) is 8.92. The van der Waals surface area contributed by atoms with Crippen molar-refractivity contribution in [2.45, 2.75) is 40.5 Å². The number of hydrogen-bond acceptors (Lipinski definition) is 8. The molecule has 180 valence electrons. The van der Waals surface area contributed by atoms with E-state index in [1.54, 1.807) is 45.0 Å². The van der Waals surface area contributed by atoms with E-state index in [2.05, 4.69) is 0 Å². The minimum absolute atomic E-state index is 0.133. The van der Waals surface area contributed by atoms with Crippen LogP contribution >= 0.6 is 7.60 Å². The number of allylic oxidation sites excluding steroid dienone is 3. The van der Waals surface area contributed by atoms with E-state index in [1.165, 1.54) is 21.1 Å². The Morgan fingerprint density at radius 3 is 1.79 bits per heavy atom. The monoisotopic (exact) mass is 478 g/mol. The molecule has 0 saturated heterocycles. The normalized spacial score (nSPS) is 16.3. The van der Waals surface area contributed by atoms with Crippen molar-refractivity contribution in [3.05, 3.63) is 52.6 Å². The van der Waals surface area contributed by atoms with E-state index >= 15 is 0 Å². The molecule has 0 amide bonds. The van der Waals surface area contributed by atoms with Gasteiger partial charge in [-0.3, -0.25) is 18.9 Å². The van der Waals surface area contributed by atoms with Crippen molar-refractivity contribution in [1.29, 1.82) is 0 Å². The van der Waals surface area contributed by atoms with E-state index in [-0.39, 0.29) is 42.7 Å². The summed E-state index contributed by atoms with van der Waals surface area (Å²) in [5, 5.41) is 0.283. The fourth-order valence-electron chi connectivity index (χ4n) is 4.16. The number of ether oxygens (including phenoxy) is 2. The molecule has 0 atom stereocenters. The lowest BCUT2D eigenvalue weighted by Crippen LogP contribution is -2.39. The highest BCUT2D eigenvalue weighted by Crippen LogP contribution is 2.63. The molecule has 1 aromatic carbocycles. The topological polar surface area (TPSA) is 105 Å². The van der Waals surface area contributed by atoms with Crippen molar-refractivity contribution < 1.29 is 37.5 Å². The minimum atomic E-state index is -3.82. The summed E-state index contributed by atoms with van der Waals surface area (Å²) >= 11 is 0. The quantitative estimate of drug-likeness (QED) is 0.271. The molecule has 9 heteroatoms. The van der Waals surface area contributed by atoms with Crippen molar-refractivity contribution in [3.8, 4) is 0 Å². The van der Waals surface area contributed by atoms with Crippen molar-refractivity contribution in [2.24, 2.45) is 5.41 Å². The molecule has 0 spiro atoms. The highest BCUT2D eigenvalue weighted by molar-refractivity contribution is 7.65. The van der Waals surface area contributed by atoms with Crippen LogP contribution < -0.4 is 0 Å². The van der Waals surface area contributed by atoms with Crippen LogP contribution in [0.5, 0.6) is 0 Å². The molecule has 8 nitrogen and oxygen atoms in total. The highest BCUT2D eigenvalue weighted by Gasteiger charge is 2.54. The number of carbonyl (C=O) groups excluding carboxylic acids is 3. The molecule has 0 unspecified atom stereocenters. The standard InChI is InChI=1S/C24H31O8P/c1-7-31-33(28,32-8-2)21(18-12-10-9-11-13-18)16(3)19-14-24(22(26)29-5,23(27)30-6)15-20(19)17(4)25/h9-13H,7-8,14-15H2,1-6H3. The van der Waals surface area contributed by atoms with E-state index in [0.29, 0.717) is 16.7 Å². The van der Waals surface area contributed by atoms with Crippen molar-refractivity contribution in [3.63, 3.8) is 0 Å². The number of hydrogen-bond donors (Lipinski definition) is 0. The van der Waals surface area contributed by atoms with Crippen LogP contribution in [0.3, 0.4) is 0 Å². The fraction of sp³-hybridized carbons (Fsp3) is 0.458. The molecule has 0 N–H and O–H groups in total. The first-order chi connectivity index (χ1) is 15.6. The fourth-order valence-corrected chi connectivity index (χ4v) is 6.19. The molecule has 0 fully saturated rings. The third-order valence-corrected chi connectivity index (χ3v) is 7.96. The molecular formula is C24H31O8P. The Bertz CT molecular complexity index is 996. The summed E-state index contributed by atoms with van der Waals surface area (Å²) in [7, 11) is -1.47. The second-order valence-electron chi connectivity index (χ2n) is 7.60. The molecule has 2 rings (SSSR count). The molecule has 1 aromatic rings.